The van der Waals surface area contributed by atoms with E-state index in [1.807, 2.05) is 38.1 Å². The number of hydroxylamine groups is 1. The zero-order valence-corrected chi connectivity index (χ0v) is 16.4. The third-order valence-electron chi connectivity index (χ3n) is 4.58. The van der Waals surface area contributed by atoms with E-state index in [4.69, 9.17) is 14.3 Å². The molecule has 0 aliphatic carbocycles. The van der Waals surface area contributed by atoms with Crippen molar-refractivity contribution in [2.75, 3.05) is 19.1 Å². The minimum absolute atomic E-state index is 0.00971. The molecule has 0 aromatic heterocycles. The van der Waals surface area contributed by atoms with Gasteiger partial charge in [-0.05, 0) is 41.8 Å². The van der Waals surface area contributed by atoms with Crippen molar-refractivity contribution in [3.05, 3.63) is 53.6 Å². The van der Waals surface area contributed by atoms with E-state index in [1.54, 1.807) is 30.2 Å². The molecule has 1 N–H and O–H groups in total. The Morgan fingerprint density at radius 1 is 1.18 bits per heavy atom. The molecule has 1 atom stereocenters. The molecule has 0 radical (unpaired) electrons. The van der Waals surface area contributed by atoms with Crippen LogP contribution in [0.5, 0.6) is 11.5 Å². The molecule has 2 amide bonds. The zero-order valence-electron chi connectivity index (χ0n) is 16.4. The number of fused-ring (bicyclic) bond motifs is 1. The maximum Gasteiger partial charge on any atom is 0.274 e. The molecule has 2 aromatic rings. The Labute approximate surface area is 164 Å². The van der Waals surface area contributed by atoms with E-state index >= 15 is 0 Å². The van der Waals surface area contributed by atoms with Crippen molar-refractivity contribution in [2.45, 2.75) is 26.5 Å². The second kappa shape index (κ2) is 8.31. The number of carbonyl (C=O) groups excluding carboxylic acids is 2. The van der Waals surface area contributed by atoms with Crippen LogP contribution in [0.15, 0.2) is 42.5 Å². The van der Waals surface area contributed by atoms with E-state index < -0.39 is 12.0 Å². The van der Waals surface area contributed by atoms with Crippen LogP contribution in [-0.2, 0) is 16.2 Å². The van der Waals surface area contributed by atoms with Crippen LogP contribution in [0.1, 0.15) is 29.8 Å². The molecule has 1 unspecified atom stereocenters. The molecule has 0 spiro atoms. The summed E-state index contributed by atoms with van der Waals surface area (Å²) >= 11 is 0. The van der Waals surface area contributed by atoms with Crippen molar-refractivity contribution < 1.29 is 23.9 Å². The molecule has 7 nitrogen and oxygen atoms in total. The van der Waals surface area contributed by atoms with Crippen LogP contribution >= 0.6 is 0 Å². The molecule has 2 aromatic carbocycles. The quantitative estimate of drug-likeness (QED) is 0.775. The Hall–Kier alpha value is -3.06. The van der Waals surface area contributed by atoms with Crippen molar-refractivity contribution in [3.63, 3.8) is 0 Å². The van der Waals surface area contributed by atoms with Crippen LogP contribution in [0, 0.1) is 5.92 Å². The van der Waals surface area contributed by atoms with Crippen molar-refractivity contribution in [1.82, 2.24) is 5.48 Å². The minimum Gasteiger partial charge on any atom is -0.497 e. The molecule has 0 saturated heterocycles. The second-order valence-corrected chi connectivity index (χ2v) is 6.87. The maximum atomic E-state index is 13.1. The SMILES string of the molecule is CONC(=O)c1ccc2c(c1)N(Cc1ccc(OC)cc1)C(=O)C(C(C)C)O2. The highest BCUT2D eigenvalue weighted by atomic mass is 16.6. The van der Waals surface area contributed by atoms with Gasteiger partial charge in [0.25, 0.3) is 11.8 Å². The molecule has 1 heterocycles. The Balaban J connectivity index is 1.99. The third kappa shape index (κ3) is 3.94. The number of nitrogens with zero attached hydrogens (tertiary/aromatic N) is 1. The summed E-state index contributed by atoms with van der Waals surface area (Å²) in [6.07, 6.45) is -0.579. The van der Waals surface area contributed by atoms with Gasteiger partial charge >= 0.3 is 0 Å². The van der Waals surface area contributed by atoms with Gasteiger partial charge in [0.2, 0.25) is 0 Å². The Morgan fingerprint density at radius 3 is 2.50 bits per heavy atom. The number of hydrogen-bond donors (Lipinski definition) is 1. The van der Waals surface area contributed by atoms with E-state index in [2.05, 4.69) is 5.48 Å². The van der Waals surface area contributed by atoms with Crippen LogP contribution in [0.4, 0.5) is 5.69 Å². The molecule has 0 bridgehead atoms. The largest absolute Gasteiger partial charge is 0.497 e. The highest BCUT2D eigenvalue weighted by Crippen LogP contribution is 2.37. The van der Waals surface area contributed by atoms with Gasteiger partial charge in [0.05, 0.1) is 26.5 Å². The fourth-order valence-corrected chi connectivity index (χ4v) is 3.08. The molecule has 148 valence electrons. The minimum atomic E-state index is -0.579. The van der Waals surface area contributed by atoms with Gasteiger partial charge in [-0.3, -0.25) is 14.4 Å². The predicted molar refractivity (Wildman–Crippen MR) is 104 cm³/mol. The van der Waals surface area contributed by atoms with Crippen molar-refractivity contribution in [2.24, 2.45) is 5.92 Å². The first-order valence-electron chi connectivity index (χ1n) is 9.03. The Kier molecular flexibility index (Phi) is 5.84. The molecule has 1 aliphatic heterocycles. The first-order valence-corrected chi connectivity index (χ1v) is 9.03. The van der Waals surface area contributed by atoms with Crippen molar-refractivity contribution >= 4 is 17.5 Å². The fraction of sp³-hybridized carbons (Fsp3) is 0.333. The summed E-state index contributed by atoms with van der Waals surface area (Å²) in [6, 6.07) is 12.5. The zero-order chi connectivity index (χ0) is 20.3. The smallest absolute Gasteiger partial charge is 0.274 e. The molecular weight excluding hydrogens is 360 g/mol. The van der Waals surface area contributed by atoms with Gasteiger partial charge in [-0.15, -0.1) is 0 Å². The van der Waals surface area contributed by atoms with E-state index in [1.165, 1.54) is 7.11 Å². The Bertz CT molecular complexity index is 864. The lowest BCUT2D eigenvalue weighted by Crippen LogP contribution is -2.48. The monoisotopic (exact) mass is 384 g/mol. The number of methoxy groups -OCH3 is 1. The molecular formula is C21H24N2O5. The average Bonchev–Trinajstić information content (AvgIpc) is 2.70. The second-order valence-electron chi connectivity index (χ2n) is 6.87. The fourth-order valence-electron chi connectivity index (χ4n) is 3.08. The molecule has 7 heteroatoms. The number of anilines is 1. The van der Waals surface area contributed by atoms with E-state index in [9.17, 15) is 9.59 Å². The highest BCUT2D eigenvalue weighted by Gasteiger charge is 2.36. The summed E-state index contributed by atoms with van der Waals surface area (Å²) in [4.78, 5) is 31.6. The maximum absolute atomic E-state index is 13.1. The number of nitrogens with one attached hydrogen (secondary N) is 1. The van der Waals surface area contributed by atoms with Crippen LogP contribution in [0.2, 0.25) is 0 Å². The number of ether oxygens (including phenoxy) is 2. The molecule has 0 fully saturated rings. The summed E-state index contributed by atoms with van der Waals surface area (Å²) in [6.45, 7) is 4.25. The lowest BCUT2D eigenvalue weighted by Gasteiger charge is -2.36. The lowest BCUT2D eigenvalue weighted by molar-refractivity contribution is -0.128. The topological polar surface area (TPSA) is 77.1 Å². The first-order chi connectivity index (χ1) is 13.4. The summed E-state index contributed by atoms with van der Waals surface area (Å²) in [5.74, 6) is 0.794. The number of benzene rings is 2. The van der Waals surface area contributed by atoms with Gasteiger partial charge in [0, 0.05) is 5.56 Å². The summed E-state index contributed by atoms with van der Waals surface area (Å²) in [5.41, 5.74) is 4.16. The van der Waals surface area contributed by atoms with Gasteiger partial charge in [0.15, 0.2) is 6.10 Å². The van der Waals surface area contributed by atoms with Gasteiger partial charge in [-0.2, -0.15) is 0 Å². The summed E-state index contributed by atoms with van der Waals surface area (Å²) < 4.78 is 11.1. The molecule has 28 heavy (non-hydrogen) atoms. The van der Waals surface area contributed by atoms with E-state index in [-0.39, 0.29) is 11.8 Å². The Morgan fingerprint density at radius 2 is 1.89 bits per heavy atom. The lowest BCUT2D eigenvalue weighted by atomic mass is 10.0. The van der Waals surface area contributed by atoms with Crippen LogP contribution < -0.4 is 19.9 Å². The van der Waals surface area contributed by atoms with Crippen molar-refractivity contribution in [3.8, 4) is 11.5 Å². The molecule has 1 aliphatic rings. The third-order valence-corrected chi connectivity index (χ3v) is 4.58. The summed E-state index contributed by atoms with van der Waals surface area (Å²) in [7, 11) is 2.97. The molecule has 0 saturated carbocycles. The highest BCUT2D eigenvalue weighted by molar-refractivity contribution is 6.02. The van der Waals surface area contributed by atoms with Gasteiger partial charge in [-0.25, -0.2) is 5.48 Å². The van der Waals surface area contributed by atoms with Gasteiger partial charge in [-0.1, -0.05) is 26.0 Å². The summed E-state index contributed by atoms with van der Waals surface area (Å²) in [5, 5.41) is 0. The number of rotatable bonds is 6. The van der Waals surface area contributed by atoms with E-state index in [0.29, 0.717) is 23.5 Å². The average molecular weight is 384 g/mol. The number of amides is 2. The number of hydrogen-bond acceptors (Lipinski definition) is 5. The normalized spacial score (nSPS) is 15.8. The van der Waals surface area contributed by atoms with E-state index in [0.717, 1.165) is 11.3 Å². The standard InChI is InChI=1S/C21H24N2O5/c1-13(2)19-21(25)23(12-14-5-8-16(26-3)9-6-14)17-11-15(20(24)22-27-4)7-10-18(17)28-19/h5-11,13,19H,12H2,1-4H3,(H,22,24). The van der Waals surface area contributed by atoms with Gasteiger partial charge < -0.3 is 14.4 Å². The molecule has 3 rings (SSSR count). The van der Waals surface area contributed by atoms with Gasteiger partial charge in [0.1, 0.15) is 11.5 Å². The van der Waals surface area contributed by atoms with Crippen LogP contribution in [0.3, 0.4) is 0 Å². The van der Waals surface area contributed by atoms with Crippen molar-refractivity contribution in [1.29, 1.82) is 0 Å². The van der Waals surface area contributed by atoms with Crippen LogP contribution in [-0.4, -0.2) is 32.1 Å². The first kappa shape index (κ1) is 19.7. The number of carbonyl (C=O) groups is 2. The predicted octanol–water partition coefficient (Wildman–Crippen LogP) is 2.94. The van der Waals surface area contributed by atoms with Crippen LogP contribution in [0.25, 0.3) is 0 Å².